The summed E-state index contributed by atoms with van der Waals surface area (Å²) in [4.78, 5) is 119. The Morgan fingerprint density at radius 2 is 1.55 bits per heavy atom. The Balaban J connectivity index is 1.17. The summed E-state index contributed by atoms with van der Waals surface area (Å²) in [5.41, 5.74) is -1.77. The Morgan fingerprint density at radius 1 is 0.885 bits per heavy atom. The van der Waals surface area contributed by atoms with Crippen molar-refractivity contribution in [1.82, 2.24) is 15.1 Å². The maximum absolute atomic E-state index is 13.2. The van der Waals surface area contributed by atoms with Gasteiger partial charge in [0, 0.05) is 58.3 Å². The molecule has 33 heteroatoms. The molecule has 1 aromatic carbocycles. The van der Waals surface area contributed by atoms with Crippen LogP contribution < -0.4 is 15.4 Å². The molecule has 0 radical (unpaired) electrons. The van der Waals surface area contributed by atoms with Crippen LogP contribution in [0.25, 0.3) is 0 Å². The lowest BCUT2D eigenvalue weighted by atomic mass is 9.93. The number of allylic oxidation sites excluding steroid dienone is 4. The fourth-order valence-electron chi connectivity index (χ4n) is 7.73. The number of aliphatic hydroxyl groups is 5. The van der Waals surface area contributed by atoms with Gasteiger partial charge in [-0.25, -0.2) is 18.9 Å². The van der Waals surface area contributed by atoms with Crippen molar-refractivity contribution in [3.63, 3.8) is 0 Å². The maximum Gasteiger partial charge on any atom is 0.469 e. The summed E-state index contributed by atoms with van der Waals surface area (Å²) < 4.78 is 59.6. The van der Waals surface area contributed by atoms with Crippen LogP contribution in [0.3, 0.4) is 0 Å². The minimum absolute atomic E-state index is 0.0350. The number of aliphatic carboxylic acids is 1. The van der Waals surface area contributed by atoms with Crippen LogP contribution in [0.2, 0.25) is 0 Å². The van der Waals surface area contributed by atoms with Crippen molar-refractivity contribution in [2.75, 3.05) is 78.2 Å². The van der Waals surface area contributed by atoms with Gasteiger partial charge in [-0.2, -0.15) is 0 Å². The Morgan fingerprint density at radius 3 is 2.22 bits per heavy atom. The second-order valence-corrected chi connectivity index (χ2v) is 22.1. The first-order valence-electron chi connectivity index (χ1n) is 26.8. The standard InChI is InChI=1S/C54H71Br2N4O26P/c1-54(74,19-16-35-11-8-12-42(65)83-35)38(86-87(75,76)77)31-34(61)10-6-4-3-5-7-23-81-53(73)59(2)21-9-13-41(64)82-32-33-14-15-37(84-52-47(68)45(66)46(67)48(85-52)51(71)72)36(30-33)58-40(63)17-20-57-39(62)18-24-78-26-28-80-29-27-79-25-22-60-49(69)43(55)44(56)50(60)70/h3-8,10,12,14-16,19,30,34-35,38,45-48,52,61,66-68,74H,9,11,13,17-18,20-29,31-32H2,1-2H3,(H,57,62)(H,58,63)(H,71,72)(H2,75,76,77)/b4-3-,7-5+,10-6-,19-16+/t34-,35-,38-,45+,46+,47-,48+,52-,54-/m1/s1. The molecule has 1 aromatic rings. The summed E-state index contributed by atoms with van der Waals surface area (Å²) in [5.74, 6) is -5.13. The summed E-state index contributed by atoms with van der Waals surface area (Å²) in [5, 5.41) is 67.2. The number of hydrogen-bond donors (Lipinski definition) is 10. The molecule has 0 aromatic heterocycles. The number of hydrogen-bond acceptors (Lipinski definition) is 23. The van der Waals surface area contributed by atoms with Crippen molar-refractivity contribution < 1.29 is 126 Å². The van der Waals surface area contributed by atoms with Crippen LogP contribution in [0.15, 0.2) is 87.9 Å². The molecule has 0 unspecified atom stereocenters. The van der Waals surface area contributed by atoms with Crippen molar-refractivity contribution in [3.05, 3.63) is 93.5 Å². The van der Waals surface area contributed by atoms with Gasteiger partial charge in [-0.05, 0) is 75.1 Å². The third-order valence-corrected chi connectivity index (χ3v) is 14.9. The summed E-state index contributed by atoms with van der Waals surface area (Å²) >= 11 is 6.11. The quantitative estimate of drug-likeness (QED) is 0.00850. The molecule has 3 aliphatic rings. The Labute approximate surface area is 515 Å². The number of phosphoric acid groups is 1. The van der Waals surface area contributed by atoms with E-state index in [1.807, 2.05) is 0 Å². The molecule has 482 valence electrons. The fraction of sp³-hybridized carbons (Fsp3) is 0.519. The van der Waals surface area contributed by atoms with E-state index in [-0.39, 0.29) is 119 Å². The lowest BCUT2D eigenvalue weighted by molar-refractivity contribution is -0.271. The van der Waals surface area contributed by atoms with E-state index in [0.29, 0.717) is 12.0 Å². The number of nitrogens with zero attached hydrogens (tertiary/aromatic N) is 2. The molecule has 1 fully saturated rings. The summed E-state index contributed by atoms with van der Waals surface area (Å²) in [6, 6.07) is 4.04. The van der Waals surface area contributed by atoms with Crippen molar-refractivity contribution in [2.45, 2.75) is 107 Å². The number of cyclic esters (lactones) is 1. The number of benzene rings is 1. The molecular weight excluding hydrogens is 1310 g/mol. The predicted octanol–water partition coefficient (Wildman–Crippen LogP) is 1.18. The number of ether oxygens (including phenoxy) is 8. The molecule has 3 aliphatic heterocycles. The molecule has 87 heavy (non-hydrogen) atoms. The lowest BCUT2D eigenvalue weighted by Gasteiger charge is -2.38. The van der Waals surface area contributed by atoms with E-state index in [0.717, 1.165) is 4.90 Å². The van der Waals surface area contributed by atoms with Gasteiger partial charge in [-0.3, -0.25) is 33.4 Å². The van der Waals surface area contributed by atoms with E-state index in [1.54, 1.807) is 6.08 Å². The number of phosphoric ester groups is 1. The SMILES string of the molecule is CN(CCCC(=O)OCc1ccc(O[C@@H]2O[C@H](C(=O)O)[C@@H](O)[C@H](O)[C@H]2O)c(NC(=O)CCNC(=O)CCOCCOCCOCCN2C(=O)C(Br)=C(Br)C2=O)c1)C(=O)OC/C=C/C=C\C=C/[C@@H](O)C[C@@H](OP(=O)(O)O)[C@](C)(O)/C=C/[C@H]1CC=CC(=O)O1. The maximum atomic E-state index is 13.2. The van der Waals surface area contributed by atoms with Crippen molar-refractivity contribution in [1.29, 1.82) is 0 Å². The van der Waals surface area contributed by atoms with Crippen molar-refractivity contribution in [3.8, 4) is 5.75 Å². The highest BCUT2D eigenvalue weighted by Gasteiger charge is 2.48. The zero-order valence-corrected chi connectivity index (χ0v) is 51.2. The minimum Gasteiger partial charge on any atom is -0.479 e. The number of aliphatic hydroxyl groups excluding tert-OH is 4. The fourth-order valence-corrected chi connectivity index (χ4v) is 9.13. The van der Waals surface area contributed by atoms with E-state index in [2.05, 4.69) is 42.5 Å². The summed E-state index contributed by atoms with van der Waals surface area (Å²) in [7, 11) is -3.67. The molecule has 10 N–H and O–H groups in total. The minimum atomic E-state index is -5.11. The second kappa shape index (κ2) is 37.1. The van der Waals surface area contributed by atoms with Gasteiger partial charge < -0.3 is 93.9 Å². The van der Waals surface area contributed by atoms with Crippen LogP contribution in [0.1, 0.15) is 51.0 Å². The molecule has 4 rings (SSSR count). The number of carboxylic acid groups (broad SMARTS) is 1. The summed E-state index contributed by atoms with van der Waals surface area (Å²) in [6.07, 6.45) is -0.479. The van der Waals surface area contributed by atoms with E-state index < -0.39 is 116 Å². The molecule has 0 bridgehead atoms. The van der Waals surface area contributed by atoms with Gasteiger partial charge in [0.1, 0.15) is 64.0 Å². The number of esters is 2. The Bertz CT molecular complexity index is 2750. The number of anilines is 1. The molecular formula is C54H71Br2N4O26P. The number of halogens is 2. The van der Waals surface area contributed by atoms with Crippen LogP contribution in [0.4, 0.5) is 10.5 Å². The predicted molar refractivity (Wildman–Crippen MR) is 308 cm³/mol. The average Bonchev–Trinajstić information content (AvgIpc) is 1.99. The van der Waals surface area contributed by atoms with Crippen molar-refractivity contribution >= 4 is 93.0 Å². The first-order chi connectivity index (χ1) is 41.2. The second-order valence-electron chi connectivity index (χ2n) is 19.4. The summed E-state index contributed by atoms with van der Waals surface area (Å²) in [6.45, 7) is 1.67. The molecule has 9 atom stereocenters. The van der Waals surface area contributed by atoms with Gasteiger partial charge >= 0.3 is 31.8 Å². The third-order valence-electron chi connectivity index (χ3n) is 12.4. The van der Waals surface area contributed by atoms with Gasteiger partial charge in [0.25, 0.3) is 11.8 Å². The molecule has 1 saturated heterocycles. The number of amides is 5. The number of nitrogens with one attached hydrogen (secondary N) is 2. The van der Waals surface area contributed by atoms with Crippen LogP contribution >= 0.6 is 39.7 Å². The number of imide groups is 1. The monoisotopic (exact) mass is 1380 g/mol. The number of carbonyl (C=O) groups excluding carboxylic acids is 7. The first-order valence-corrected chi connectivity index (χ1v) is 30.0. The number of rotatable bonds is 37. The molecule has 0 spiro atoms. The van der Waals surface area contributed by atoms with Crippen LogP contribution in [0, 0.1) is 0 Å². The van der Waals surface area contributed by atoms with E-state index in [9.17, 15) is 83.3 Å². The smallest absolute Gasteiger partial charge is 0.469 e. The molecule has 0 saturated carbocycles. The largest absolute Gasteiger partial charge is 0.479 e. The van der Waals surface area contributed by atoms with Gasteiger partial charge in [-0.15, -0.1) is 0 Å². The van der Waals surface area contributed by atoms with Crippen LogP contribution in [0.5, 0.6) is 5.75 Å². The molecule has 3 heterocycles. The highest BCUT2D eigenvalue weighted by Crippen LogP contribution is 2.42. The first kappa shape index (κ1) is 73.4. The lowest BCUT2D eigenvalue weighted by Crippen LogP contribution is -2.61. The Hall–Kier alpha value is -6.07. The van der Waals surface area contributed by atoms with Crippen LogP contribution in [-0.2, 0) is 82.4 Å². The highest BCUT2D eigenvalue weighted by atomic mass is 79.9. The molecule has 0 aliphatic carbocycles. The topological polar surface area (TPSA) is 429 Å². The van der Waals surface area contributed by atoms with Gasteiger partial charge in [0.2, 0.25) is 18.1 Å². The number of carbonyl (C=O) groups is 8. The average molecular weight is 1380 g/mol. The third kappa shape index (κ3) is 26.3. The number of carboxylic acids is 1. The normalized spacial score (nSPS) is 21.4. The zero-order chi connectivity index (χ0) is 64.3. The zero-order valence-electron chi connectivity index (χ0n) is 47.2. The van der Waals surface area contributed by atoms with E-state index in [1.165, 1.54) is 91.8 Å². The van der Waals surface area contributed by atoms with E-state index >= 15 is 0 Å². The molecule has 30 nitrogen and oxygen atoms in total. The van der Waals surface area contributed by atoms with Crippen LogP contribution in [-0.4, -0.2) is 225 Å². The van der Waals surface area contributed by atoms with Crippen molar-refractivity contribution in [2.24, 2.45) is 0 Å². The highest BCUT2D eigenvalue weighted by molar-refractivity contribution is 9.14. The molecule has 5 amide bonds. The van der Waals surface area contributed by atoms with E-state index in [4.69, 9.17) is 42.4 Å². The Kier molecular flexibility index (Phi) is 31.3. The van der Waals surface area contributed by atoms with Gasteiger partial charge in [-0.1, -0.05) is 48.6 Å². The van der Waals surface area contributed by atoms with Gasteiger partial charge in [0.05, 0.1) is 58.0 Å². The van der Waals surface area contributed by atoms with Gasteiger partial charge in [0.15, 0.2) is 6.10 Å².